The molecule has 2 unspecified atom stereocenters. The third kappa shape index (κ3) is 6.76. The Kier molecular flexibility index (Phi) is 8.56. The minimum Gasteiger partial charge on any atom is -0.352 e. The van der Waals surface area contributed by atoms with Crippen molar-refractivity contribution in [1.82, 2.24) is 15.5 Å². The van der Waals surface area contributed by atoms with E-state index < -0.39 is 12.1 Å². The van der Waals surface area contributed by atoms with Crippen molar-refractivity contribution in [2.45, 2.75) is 18.5 Å². The molecule has 0 saturated heterocycles. The third-order valence-electron chi connectivity index (χ3n) is 3.57. The number of benzene rings is 1. The topological polar surface area (TPSA) is 87.5 Å². The Morgan fingerprint density at radius 2 is 2.08 bits per heavy atom. The lowest BCUT2D eigenvalue weighted by atomic mass is 10.1. The van der Waals surface area contributed by atoms with Gasteiger partial charge in [0.1, 0.15) is 11.9 Å². The van der Waals surface area contributed by atoms with Crippen molar-refractivity contribution in [2.75, 3.05) is 32.6 Å². The molecular formula is C16H25FN4O2S. The number of nitrogens with zero attached hydrogens (tertiary/aromatic N) is 1. The molecule has 3 amide bonds. The maximum absolute atomic E-state index is 13.4. The summed E-state index contributed by atoms with van der Waals surface area (Å²) in [6.45, 7) is 0.297. The van der Waals surface area contributed by atoms with E-state index in [1.807, 2.05) is 31.3 Å². The van der Waals surface area contributed by atoms with Crippen molar-refractivity contribution in [3.05, 3.63) is 35.6 Å². The average Bonchev–Trinajstić information content (AvgIpc) is 2.50. The number of carbonyl (C=O) groups excluding carboxylic acids is 2. The minimum absolute atomic E-state index is 0.181. The average molecular weight is 356 g/mol. The first-order valence-corrected chi connectivity index (χ1v) is 8.99. The number of amides is 3. The molecule has 8 heteroatoms. The molecule has 0 aliphatic rings. The molecule has 0 fully saturated rings. The molecule has 0 aliphatic heterocycles. The van der Waals surface area contributed by atoms with Crippen molar-refractivity contribution in [1.29, 1.82) is 0 Å². The number of hydrogen-bond acceptors (Lipinski definition) is 4. The zero-order valence-corrected chi connectivity index (χ0v) is 15.0. The predicted octanol–water partition coefficient (Wildman–Crippen LogP) is 1.33. The SMILES string of the molecule is CSCCC(NC(N)=O)C(=O)NCC(c1cccc(F)c1)N(C)C. The maximum atomic E-state index is 13.4. The van der Waals surface area contributed by atoms with Crippen LogP contribution >= 0.6 is 11.8 Å². The smallest absolute Gasteiger partial charge is 0.312 e. The van der Waals surface area contributed by atoms with Crippen molar-refractivity contribution in [3.8, 4) is 0 Å². The Morgan fingerprint density at radius 3 is 2.62 bits per heavy atom. The molecule has 0 radical (unpaired) electrons. The Balaban J connectivity index is 2.73. The normalized spacial score (nSPS) is 13.4. The summed E-state index contributed by atoms with van der Waals surface area (Å²) in [4.78, 5) is 25.3. The van der Waals surface area contributed by atoms with Gasteiger partial charge in [-0.2, -0.15) is 11.8 Å². The molecule has 2 atom stereocenters. The van der Waals surface area contributed by atoms with Crippen LogP contribution in [0.15, 0.2) is 24.3 Å². The standard InChI is InChI=1S/C16H25FN4O2S/c1-21(2)14(11-5-4-6-12(17)9-11)10-19-15(22)13(7-8-24-3)20-16(18)23/h4-6,9,13-14H,7-8,10H2,1-3H3,(H,19,22)(H3,18,20,23). The fourth-order valence-electron chi connectivity index (χ4n) is 2.31. The van der Waals surface area contributed by atoms with E-state index in [2.05, 4.69) is 10.6 Å². The summed E-state index contributed by atoms with van der Waals surface area (Å²) in [5.41, 5.74) is 5.90. The van der Waals surface area contributed by atoms with Crippen LogP contribution in [0.3, 0.4) is 0 Å². The van der Waals surface area contributed by atoms with Crippen molar-refractivity contribution < 1.29 is 14.0 Å². The number of likely N-dealkylation sites (N-methyl/N-ethyl adjacent to an activating group) is 1. The number of hydrogen-bond donors (Lipinski definition) is 3. The van der Waals surface area contributed by atoms with Gasteiger partial charge in [-0.05, 0) is 50.2 Å². The van der Waals surface area contributed by atoms with Crippen LogP contribution in [0, 0.1) is 5.82 Å². The molecule has 0 heterocycles. The van der Waals surface area contributed by atoms with E-state index in [0.717, 1.165) is 11.3 Å². The molecule has 4 N–H and O–H groups in total. The van der Waals surface area contributed by atoms with E-state index in [4.69, 9.17) is 5.73 Å². The van der Waals surface area contributed by atoms with Gasteiger partial charge in [0.25, 0.3) is 0 Å². The van der Waals surface area contributed by atoms with Gasteiger partial charge in [-0.15, -0.1) is 0 Å². The van der Waals surface area contributed by atoms with Gasteiger partial charge in [-0.3, -0.25) is 4.79 Å². The zero-order chi connectivity index (χ0) is 18.1. The summed E-state index contributed by atoms with van der Waals surface area (Å²) in [7, 11) is 3.71. The Labute approximate surface area is 146 Å². The highest BCUT2D eigenvalue weighted by Crippen LogP contribution is 2.18. The summed E-state index contributed by atoms with van der Waals surface area (Å²) in [6, 6.07) is 4.69. The Bertz CT molecular complexity index is 557. The number of primary amides is 1. The van der Waals surface area contributed by atoms with Crippen LogP contribution in [-0.2, 0) is 4.79 Å². The van der Waals surface area contributed by atoms with Gasteiger partial charge >= 0.3 is 6.03 Å². The predicted molar refractivity (Wildman–Crippen MR) is 95.3 cm³/mol. The fraction of sp³-hybridized carbons (Fsp3) is 0.500. The van der Waals surface area contributed by atoms with Crippen LogP contribution in [-0.4, -0.2) is 55.5 Å². The maximum Gasteiger partial charge on any atom is 0.312 e. The van der Waals surface area contributed by atoms with Crippen LogP contribution in [0.2, 0.25) is 0 Å². The zero-order valence-electron chi connectivity index (χ0n) is 14.2. The summed E-state index contributed by atoms with van der Waals surface area (Å²) < 4.78 is 13.4. The molecule has 0 aliphatic carbocycles. The molecule has 1 rings (SSSR count). The minimum atomic E-state index is -0.731. The number of rotatable bonds is 9. The molecule has 24 heavy (non-hydrogen) atoms. The Hall–Kier alpha value is -1.80. The molecular weight excluding hydrogens is 331 g/mol. The van der Waals surface area contributed by atoms with Gasteiger partial charge < -0.3 is 21.3 Å². The summed E-state index contributed by atoms with van der Waals surface area (Å²) in [5.74, 6) is 0.101. The third-order valence-corrected chi connectivity index (χ3v) is 4.21. The van der Waals surface area contributed by atoms with E-state index >= 15 is 0 Å². The highest BCUT2D eigenvalue weighted by molar-refractivity contribution is 7.98. The van der Waals surface area contributed by atoms with Gasteiger partial charge in [-0.25, -0.2) is 9.18 Å². The molecule has 0 saturated carbocycles. The van der Waals surface area contributed by atoms with Gasteiger partial charge in [0.05, 0.1) is 6.04 Å². The monoisotopic (exact) mass is 356 g/mol. The van der Waals surface area contributed by atoms with Crippen molar-refractivity contribution in [2.24, 2.45) is 5.73 Å². The first-order chi connectivity index (χ1) is 11.3. The van der Waals surface area contributed by atoms with Gasteiger partial charge in [0.15, 0.2) is 0 Å². The van der Waals surface area contributed by atoms with E-state index in [0.29, 0.717) is 13.0 Å². The van der Waals surface area contributed by atoms with Crippen molar-refractivity contribution in [3.63, 3.8) is 0 Å². The number of carbonyl (C=O) groups is 2. The van der Waals surface area contributed by atoms with Gasteiger partial charge in [0.2, 0.25) is 5.91 Å². The first kappa shape index (κ1) is 20.2. The summed E-state index contributed by atoms with van der Waals surface area (Å²) >= 11 is 1.58. The summed E-state index contributed by atoms with van der Waals surface area (Å²) in [5, 5.41) is 5.27. The van der Waals surface area contributed by atoms with Gasteiger partial charge in [0, 0.05) is 6.54 Å². The van der Waals surface area contributed by atoms with Crippen LogP contribution in [0.25, 0.3) is 0 Å². The second-order valence-electron chi connectivity index (χ2n) is 5.62. The lowest BCUT2D eigenvalue weighted by molar-refractivity contribution is -0.123. The Morgan fingerprint density at radius 1 is 1.38 bits per heavy atom. The highest BCUT2D eigenvalue weighted by atomic mass is 32.2. The lowest BCUT2D eigenvalue weighted by Crippen LogP contribution is -2.50. The second-order valence-corrected chi connectivity index (χ2v) is 6.61. The highest BCUT2D eigenvalue weighted by Gasteiger charge is 2.22. The molecule has 0 spiro atoms. The number of halogens is 1. The van der Waals surface area contributed by atoms with E-state index in [1.165, 1.54) is 12.1 Å². The van der Waals surface area contributed by atoms with Gasteiger partial charge in [-0.1, -0.05) is 12.1 Å². The van der Waals surface area contributed by atoms with E-state index in [9.17, 15) is 14.0 Å². The lowest BCUT2D eigenvalue weighted by Gasteiger charge is -2.26. The first-order valence-electron chi connectivity index (χ1n) is 7.59. The van der Waals surface area contributed by atoms with E-state index in [-0.39, 0.29) is 17.8 Å². The number of nitrogens with two attached hydrogens (primary N) is 1. The molecule has 6 nitrogen and oxygen atoms in total. The fourth-order valence-corrected chi connectivity index (χ4v) is 2.78. The van der Waals surface area contributed by atoms with Crippen LogP contribution in [0.5, 0.6) is 0 Å². The summed E-state index contributed by atoms with van der Waals surface area (Å²) in [6.07, 6.45) is 2.41. The van der Waals surface area contributed by atoms with E-state index in [1.54, 1.807) is 17.8 Å². The second kappa shape index (κ2) is 10.1. The largest absolute Gasteiger partial charge is 0.352 e. The van der Waals surface area contributed by atoms with Crippen LogP contribution in [0.1, 0.15) is 18.0 Å². The quantitative estimate of drug-likeness (QED) is 0.623. The molecule has 0 aromatic heterocycles. The molecule has 134 valence electrons. The molecule has 1 aromatic rings. The number of nitrogens with one attached hydrogen (secondary N) is 2. The molecule has 0 bridgehead atoms. The number of thioether (sulfide) groups is 1. The van der Waals surface area contributed by atoms with Crippen LogP contribution in [0.4, 0.5) is 9.18 Å². The molecule has 1 aromatic carbocycles. The van der Waals surface area contributed by atoms with Crippen molar-refractivity contribution >= 4 is 23.7 Å². The number of urea groups is 1. The van der Waals surface area contributed by atoms with Crippen LogP contribution < -0.4 is 16.4 Å².